The number of halogens is 1. The molecule has 3 aliphatic rings. The third-order valence-corrected chi connectivity index (χ3v) is 9.26. The quantitative estimate of drug-likeness (QED) is 0.206. The molecule has 1 saturated carbocycles. The average molecular weight is 541 g/mol. The van der Waals surface area contributed by atoms with Gasteiger partial charge >= 0.3 is 0 Å². The number of Topliss-reactive ketones (excluding diaryl/α,β-unsaturated/α-hetero) is 1. The highest BCUT2D eigenvalue weighted by molar-refractivity contribution is 6.39. The number of hydrogen-bond acceptors (Lipinski definition) is 5. The maximum Gasteiger partial charge on any atom is 0.271 e. The van der Waals surface area contributed by atoms with E-state index in [0.29, 0.717) is 12.8 Å². The van der Waals surface area contributed by atoms with Gasteiger partial charge in [0.15, 0.2) is 5.78 Å². The van der Waals surface area contributed by atoms with Crippen molar-refractivity contribution in [2.45, 2.75) is 26.7 Å². The molecule has 0 N–H and O–H groups in total. The van der Waals surface area contributed by atoms with Crippen molar-refractivity contribution < 1.29 is 19.3 Å². The highest BCUT2D eigenvalue weighted by atomic mass is 35.5. The van der Waals surface area contributed by atoms with Crippen LogP contribution in [0.2, 0.25) is 5.02 Å². The molecule has 0 unspecified atom stereocenters. The number of non-ortho nitro benzene ring substituents is 1. The Balaban J connectivity index is 1.66. The van der Waals surface area contributed by atoms with Crippen molar-refractivity contribution in [3.8, 4) is 0 Å². The number of fused-ring (bicyclic) bond motifs is 5. The van der Waals surface area contributed by atoms with Gasteiger partial charge in [-0.3, -0.25) is 24.5 Å². The Morgan fingerprint density at radius 1 is 0.795 bits per heavy atom. The van der Waals surface area contributed by atoms with E-state index in [4.69, 9.17) is 11.6 Å². The van der Waals surface area contributed by atoms with Crippen LogP contribution >= 0.6 is 11.6 Å². The summed E-state index contributed by atoms with van der Waals surface area (Å²) in [7, 11) is 0. The monoisotopic (exact) mass is 540 g/mol. The van der Waals surface area contributed by atoms with E-state index in [1.54, 1.807) is 0 Å². The summed E-state index contributed by atoms with van der Waals surface area (Å²) >= 11 is 6.43. The largest absolute Gasteiger partial charge is 0.298 e. The summed E-state index contributed by atoms with van der Waals surface area (Å²) in [5.74, 6) is -3.07. The van der Waals surface area contributed by atoms with E-state index in [2.05, 4.69) is 0 Å². The third-order valence-electron chi connectivity index (χ3n) is 8.94. The molecule has 0 spiro atoms. The lowest BCUT2D eigenvalue weighted by atomic mass is 9.60. The Bertz CT molecular complexity index is 1520. The molecule has 3 aromatic carbocycles. The number of nitro benzene ring substituents is 1. The summed E-state index contributed by atoms with van der Waals surface area (Å²) in [5.41, 5.74) is 0.483. The molecule has 8 heteroatoms. The lowest BCUT2D eigenvalue weighted by Gasteiger charge is -2.38. The summed E-state index contributed by atoms with van der Waals surface area (Å²) < 4.78 is 0. The van der Waals surface area contributed by atoms with Gasteiger partial charge in [0, 0.05) is 12.1 Å². The molecule has 196 valence electrons. The van der Waals surface area contributed by atoms with Gasteiger partial charge in [0.25, 0.3) is 5.69 Å². The van der Waals surface area contributed by atoms with Crippen LogP contribution in [0, 0.1) is 32.8 Å². The van der Waals surface area contributed by atoms with Crippen molar-refractivity contribution >= 4 is 51.7 Å². The Hall–Kier alpha value is -4.10. The summed E-state index contributed by atoms with van der Waals surface area (Å²) in [5, 5.41) is 11.6. The molecule has 0 aromatic heterocycles. The number of nitrogens with zero attached hydrogens (tertiary/aromatic N) is 2. The number of carbonyl (C=O) groups is 3. The number of carbonyl (C=O) groups excluding carboxylic acids is 3. The molecule has 1 saturated heterocycles. The van der Waals surface area contributed by atoms with Crippen LogP contribution in [0.1, 0.15) is 37.8 Å². The van der Waals surface area contributed by atoms with E-state index in [0.717, 1.165) is 33.2 Å². The zero-order valence-corrected chi connectivity index (χ0v) is 22.1. The number of anilines is 1. The Morgan fingerprint density at radius 3 is 1.67 bits per heavy atom. The molecule has 3 aromatic rings. The second-order valence-electron chi connectivity index (χ2n) is 10.3. The van der Waals surface area contributed by atoms with Crippen molar-refractivity contribution in [3.63, 3.8) is 0 Å². The minimum Gasteiger partial charge on any atom is -0.298 e. The van der Waals surface area contributed by atoms with Crippen molar-refractivity contribution in [2.24, 2.45) is 22.7 Å². The average Bonchev–Trinajstić information content (AvgIpc) is 3.45. The topological polar surface area (TPSA) is 97.6 Å². The first-order valence-corrected chi connectivity index (χ1v) is 13.4. The molecule has 1 aliphatic heterocycles. The fraction of sp³-hybridized carbons (Fsp3) is 0.258. The number of imide groups is 1. The summed E-state index contributed by atoms with van der Waals surface area (Å²) in [6, 6.07) is 22.9. The standard InChI is InChI=1S/C31H25ClN2O5/c1-3-30-23(18-11-7-5-8-12-18)24(19-13-9-6-10-14-19)31(4-2,29(30)37)26-25(30)27(35)33(28(26)36)22-17-20(34(38)39)15-16-21(22)32/h5-17,25-26H,3-4H2,1-2H3/t25-,26+,30-,31+. The van der Waals surface area contributed by atoms with Crippen LogP contribution in [0.25, 0.3) is 11.1 Å². The van der Waals surface area contributed by atoms with Gasteiger partial charge in [-0.1, -0.05) is 86.1 Å². The van der Waals surface area contributed by atoms with Gasteiger partial charge in [-0.15, -0.1) is 0 Å². The van der Waals surface area contributed by atoms with Gasteiger partial charge in [-0.25, -0.2) is 4.90 Å². The van der Waals surface area contributed by atoms with E-state index in [1.165, 1.54) is 12.1 Å². The minimum absolute atomic E-state index is 0.0258. The van der Waals surface area contributed by atoms with Crippen LogP contribution in [0.5, 0.6) is 0 Å². The van der Waals surface area contributed by atoms with Crippen molar-refractivity contribution in [1.82, 2.24) is 0 Å². The van der Waals surface area contributed by atoms with Crippen LogP contribution in [0.3, 0.4) is 0 Å². The van der Waals surface area contributed by atoms with E-state index in [9.17, 15) is 24.5 Å². The number of allylic oxidation sites excluding steroid dienone is 2. The Labute approximate surface area is 230 Å². The second-order valence-corrected chi connectivity index (χ2v) is 10.7. The fourth-order valence-electron chi connectivity index (χ4n) is 7.48. The van der Waals surface area contributed by atoms with Gasteiger partial charge in [0.05, 0.1) is 38.3 Å². The second kappa shape index (κ2) is 8.71. The third kappa shape index (κ3) is 3.02. The summed E-state index contributed by atoms with van der Waals surface area (Å²) in [6.45, 7) is 3.77. The van der Waals surface area contributed by atoms with Crippen LogP contribution in [0.15, 0.2) is 78.9 Å². The van der Waals surface area contributed by atoms with Crippen molar-refractivity contribution in [1.29, 1.82) is 0 Å². The molecule has 2 amide bonds. The number of hydrogen-bond donors (Lipinski definition) is 0. The zero-order chi connectivity index (χ0) is 27.7. The van der Waals surface area contributed by atoms with Crippen LogP contribution in [-0.4, -0.2) is 22.5 Å². The predicted octanol–water partition coefficient (Wildman–Crippen LogP) is 6.35. The van der Waals surface area contributed by atoms with Gasteiger partial charge in [-0.2, -0.15) is 0 Å². The normalized spacial score (nSPS) is 27.5. The molecule has 6 rings (SSSR count). The first-order chi connectivity index (χ1) is 18.8. The highest BCUT2D eigenvalue weighted by Gasteiger charge is 2.80. The van der Waals surface area contributed by atoms with E-state index < -0.39 is 39.4 Å². The zero-order valence-electron chi connectivity index (χ0n) is 21.4. The van der Waals surface area contributed by atoms with Gasteiger partial charge in [-0.05, 0) is 41.2 Å². The smallest absolute Gasteiger partial charge is 0.271 e. The minimum atomic E-state index is -1.23. The molecule has 2 aliphatic carbocycles. The molecule has 2 fully saturated rings. The van der Waals surface area contributed by atoms with Crippen LogP contribution in [-0.2, 0) is 14.4 Å². The number of nitro groups is 1. The number of amides is 2. The number of rotatable bonds is 6. The van der Waals surface area contributed by atoms with Gasteiger partial charge in [0.2, 0.25) is 11.8 Å². The lowest BCUT2D eigenvalue weighted by Crippen LogP contribution is -2.42. The number of ketones is 1. The molecule has 1 heterocycles. The van der Waals surface area contributed by atoms with E-state index in [1.807, 2.05) is 74.5 Å². The van der Waals surface area contributed by atoms with Crippen molar-refractivity contribution in [2.75, 3.05) is 4.90 Å². The molecule has 4 atom stereocenters. The molecular weight excluding hydrogens is 516 g/mol. The lowest BCUT2D eigenvalue weighted by molar-refractivity contribution is -0.384. The van der Waals surface area contributed by atoms with Gasteiger partial charge in [0.1, 0.15) is 0 Å². The fourth-order valence-corrected chi connectivity index (χ4v) is 7.68. The molecular formula is C31H25ClN2O5. The SMILES string of the molecule is CC[C@]12C(=O)[C@](CC)(C(c3ccccc3)=C1c1ccccc1)[C@H]1C(=O)N(c3cc([N+](=O)[O-])ccc3Cl)C(=O)[C@H]12. The van der Waals surface area contributed by atoms with Crippen molar-refractivity contribution in [3.05, 3.63) is 105 Å². The van der Waals surface area contributed by atoms with E-state index >= 15 is 0 Å². The molecule has 7 nitrogen and oxygen atoms in total. The van der Waals surface area contributed by atoms with Crippen LogP contribution in [0.4, 0.5) is 11.4 Å². The molecule has 39 heavy (non-hydrogen) atoms. The summed E-state index contributed by atoms with van der Waals surface area (Å²) in [6.07, 6.45) is 0.648. The predicted molar refractivity (Wildman–Crippen MR) is 148 cm³/mol. The number of benzene rings is 3. The Morgan fingerprint density at radius 2 is 1.26 bits per heavy atom. The van der Waals surface area contributed by atoms with Crippen LogP contribution < -0.4 is 4.90 Å². The highest BCUT2D eigenvalue weighted by Crippen LogP contribution is 2.75. The molecule has 2 bridgehead atoms. The maximum atomic E-state index is 14.7. The Kier molecular flexibility index (Phi) is 5.63. The maximum absolute atomic E-state index is 14.7. The molecule has 0 radical (unpaired) electrons. The first kappa shape index (κ1) is 25.2. The first-order valence-electron chi connectivity index (χ1n) is 13.0. The summed E-state index contributed by atoms with van der Waals surface area (Å²) in [4.78, 5) is 55.2. The van der Waals surface area contributed by atoms with E-state index in [-0.39, 0.29) is 22.2 Å². The van der Waals surface area contributed by atoms with Gasteiger partial charge < -0.3 is 0 Å².